The Bertz CT molecular complexity index is 414. The monoisotopic (exact) mass is 193 g/mol. The van der Waals surface area contributed by atoms with E-state index < -0.39 is 0 Å². The molecule has 14 heavy (non-hydrogen) atoms. The molecule has 1 aliphatic rings. The molecule has 0 saturated heterocycles. The summed E-state index contributed by atoms with van der Waals surface area (Å²) >= 11 is 0. The largest absolute Gasteiger partial charge is 0.310 e. The molecule has 2 rings (SSSR count). The molecule has 2 N–H and O–H groups in total. The zero-order chi connectivity index (χ0) is 10.3. The van der Waals surface area contributed by atoms with Crippen LogP contribution in [0.3, 0.4) is 0 Å². The number of nitrogens with one attached hydrogen (secondary N) is 2. The van der Waals surface area contributed by atoms with Gasteiger partial charge in [0.15, 0.2) is 0 Å². The van der Waals surface area contributed by atoms with Crippen molar-refractivity contribution >= 4 is 0 Å². The molecule has 0 unspecified atom stereocenters. The summed E-state index contributed by atoms with van der Waals surface area (Å²) in [5, 5.41) is 3.12. The second-order valence-electron chi connectivity index (χ2n) is 4.69. The first-order valence-corrected chi connectivity index (χ1v) is 4.82. The van der Waals surface area contributed by atoms with Crippen LogP contribution in [0.25, 0.3) is 0 Å². The molecule has 0 aliphatic carbocycles. The van der Waals surface area contributed by atoms with E-state index in [1.807, 2.05) is 20.8 Å². The maximum absolute atomic E-state index is 11.6. The highest BCUT2D eigenvalue weighted by Crippen LogP contribution is 2.18. The maximum Gasteiger partial charge on any atom is 0.255 e. The first-order valence-electron chi connectivity index (χ1n) is 4.82. The van der Waals surface area contributed by atoms with Gasteiger partial charge in [-0.25, -0.2) is 4.98 Å². The fourth-order valence-electron chi connectivity index (χ4n) is 1.53. The van der Waals surface area contributed by atoms with Crippen molar-refractivity contribution in [2.24, 2.45) is 0 Å². The second kappa shape index (κ2) is 2.92. The molecule has 4 heteroatoms. The van der Waals surface area contributed by atoms with Gasteiger partial charge in [-0.2, -0.15) is 0 Å². The van der Waals surface area contributed by atoms with Crippen LogP contribution in [0.5, 0.6) is 0 Å². The van der Waals surface area contributed by atoms with Crippen molar-refractivity contribution < 1.29 is 0 Å². The average molecular weight is 193 g/mol. The van der Waals surface area contributed by atoms with E-state index in [-0.39, 0.29) is 11.0 Å². The first-order chi connectivity index (χ1) is 6.48. The number of rotatable bonds is 0. The van der Waals surface area contributed by atoms with Crippen LogP contribution in [0.1, 0.15) is 37.9 Å². The van der Waals surface area contributed by atoms with E-state index in [0.717, 1.165) is 17.1 Å². The van der Waals surface area contributed by atoms with Crippen LogP contribution in [0.2, 0.25) is 0 Å². The van der Waals surface area contributed by atoms with Gasteiger partial charge in [0, 0.05) is 18.5 Å². The third-order valence-electron chi connectivity index (χ3n) is 2.41. The molecular formula is C10H15N3O. The number of aromatic amines is 1. The summed E-state index contributed by atoms with van der Waals surface area (Å²) in [4.78, 5) is 19.0. The molecule has 0 spiro atoms. The summed E-state index contributed by atoms with van der Waals surface area (Å²) in [6.07, 6.45) is 0. The van der Waals surface area contributed by atoms with Gasteiger partial charge in [-0.05, 0) is 0 Å². The van der Waals surface area contributed by atoms with Gasteiger partial charge in [-0.1, -0.05) is 20.8 Å². The van der Waals surface area contributed by atoms with Crippen molar-refractivity contribution in [3.63, 3.8) is 0 Å². The smallest absolute Gasteiger partial charge is 0.255 e. The van der Waals surface area contributed by atoms with Gasteiger partial charge in [-0.3, -0.25) is 4.79 Å². The SMILES string of the molecule is CC(C)(C)c1nc2c(c(=O)[nH]1)CNC2. The first kappa shape index (κ1) is 9.40. The average Bonchev–Trinajstić information content (AvgIpc) is 2.50. The minimum absolute atomic E-state index is 0.00456. The van der Waals surface area contributed by atoms with Crippen molar-refractivity contribution in [1.29, 1.82) is 0 Å². The predicted octanol–water partition coefficient (Wildman–Crippen LogP) is 0.671. The molecule has 0 atom stereocenters. The van der Waals surface area contributed by atoms with Crippen LogP contribution >= 0.6 is 0 Å². The lowest BCUT2D eigenvalue weighted by Gasteiger charge is -2.17. The zero-order valence-corrected chi connectivity index (χ0v) is 8.77. The van der Waals surface area contributed by atoms with Crippen LogP contribution in [-0.2, 0) is 18.5 Å². The third-order valence-corrected chi connectivity index (χ3v) is 2.41. The van der Waals surface area contributed by atoms with Crippen molar-refractivity contribution in [3.8, 4) is 0 Å². The molecule has 2 heterocycles. The van der Waals surface area contributed by atoms with Gasteiger partial charge in [0.1, 0.15) is 5.82 Å². The molecule has 0 radical (unpaired) electrons. The summed E-state index contributed by atoms with van der Waals surface area (Å²) in [7, 11) is 0. The Morgan fingerprint density at radius 3 is 2.64 bits per heavy atom. The van der Waals surface area contributed by atoms with Gasteiger partial charge in [0.2, 0.25) is 0 Å². The Morgan fingerprint density at radius 2 is 2.00 bits per heavy atom. The predicted molar refractivity (Wildman–Crippen MR) is 54.1 cm³/mol. The second-order valence-corrected chi connectivity index (χ2v) is 4.69. The Balaban J connectivity index is 2.58. The molecule has 76 valence electrons. The quantitative estimate of drug-likeness (QED) is 0.636. The summed E-state index contributed by atoms with van der Waals surface area (Å²) in [6.45, 7) is 7.48. The van der Waals surface area contributed by atoms with Crippen LogP contribution < -0.4 is 10.9 Å². The standard InChI is InChI=1S/C10H15N3O/c1-10(2,3)9-12-7-5-11-4-6(7)8(14)13-9/h11H,4-5H2,1-3H3,(H,12,13,14). The number of nitrogens with zero attached hydrogens (tertiary/aromatic N) is 1. The number of fused-ring (bicyclic) bond motifs is 1. The van der Waals surface area contributed by atoms with Crippen molar-refractivity contribution in [1.82, 2.24) is 15.3 Å². The van der Waals surface area contributed by atoms with E-state index >= 15 is 0 Å². The van der Waals surface area contributed by atoms with Gasteiger partial charge < -0.3 is 10.3 Å². The van der Waals surface area contributed by atoms with Crippen LogP contribution in [0.15, 0.2) is 4.79 Å². The lowest BCUT2D eigenvalue weighted by molar-refractivity contribution is 0.539. The number of aromatic nitrogens is 2. The molecule has 1 aromatic heterocycles. The maximum atomic E-state index is 11.6. The molecule has 0 fully saturated rings. The van der Waals surface area contributed by atoms with E-state index in [2.05, 4.69) is 15.3 Å². The van der Waals surface area contributed by atoms with E-state index in [1.54, 1.807) is 0 Å². The molecule has 0 amide bonds. The van der Waals surface area contributed by atoms with Gasteiger partial charge in [-0.15, -0.1) is 0 Å². The minimum Gasteiger partial charge on any atom is -0.310 e. The lowest BCUT2D eigenvalue weighted by atomic mass is 9.95. The highest BCUT2D eigenvalue weighted by atomic mass is 16.1. The molecule has 0 bridgehead atoms. The van der Waals surface area contributed by atoms with E-state index in [9.17, 15) is 4.79 Å². The summed E-state index contributed by atoms with van der Waals surface area (Å²) in [5.41, 5.74) is 1.60. The molecular weight excluding hydrogens is 178 g/mol. The van der Waals surface area contributed by atoms with E-state index in [0.29, 0.717) is 13.1 Å². The summed E-state index contributed by atoms with van der Waals surface area (Å²) in [5.74, 6) is 0.768. The number of H-pyrrole nitrogens is 1. The highest BCUT2D eigenvalue weighted by Gasteiger charge is 2.22. The number of hydrogen-bond donors (Lipinski definition) is 2. The van der Waals surface area contributed by atoms with Crippen LogP contribution in [0.4, 0.5) is 0 Å². The minimum atomic E-state index is -0.100. The summed E-state index contributed by atoms with van der Waals surface area (Å²) in [6, 6.07) is 0. The van der Waals surface area contributed by atoms with Crippen LogP contribution in [-0.4, -0.2) is 9.97 Å². The van der Waals surface area contributed by atoms with Gasteiger partial charge >= 0.3 is 0 Å². The Labute approximate surface area is 82.8 Å². The number of hydrogen-bond acceptors (Lipinski definition) is 3. The summed E-state index contributed by atoms with van der Waals surface area (Å²) < 4.78 is 0. The Morgan fingerprint density at radius 1 is 1.29 bits per heavy atom. The fraction of sp³-hybridized carbons (Fsp3) is 0.600. The Hall–Kier alpha value is -1.16. The van der Waals surface area contributed by atoms with E-state index in [4.69, 9.17) is 0 Å². The Kier molecular flexibility index (Phi) is 1.96. The lowest BCUT2D eigenvalue weighted by Crippen LogP contribution is -2.24. The fourth-order valence-corrected chi connectivity index (χ4v) is 1.53. The molecule has 1 aromatic rings. The van der Waals surface area contributed by atoms with E-state index in [1.165, 1.54) is 0 Å². The van der Waals surface area contributed by atoms with Gasteiger partial charge in [0.05, 0.1) is 11.3 Å². The zero-order valence-electron chi connectivity index (χ0n) is 8.77. The highest BCUT2D eigenvalue weighted by molar-refractivity contribution is 5.23. The van der Waals surface area contributed by atoms with Gasteiger partial charge in [0.25, 0.3) is 5.56 Å². The molecule has 1 aliphatic heterocycles. The molecule has 4 nitrogen and oxygen atoms in total. The normalized spacial score (nSPS) is 15.6. The molecule has 0 saturated carbocycles. The topological polar surface area (TPSA) is 57.8 Å². The molecule has 0 aromatic carbocycles. The van der Waals surface area contributed by atoms with Crippen molar-refractivity contribution in [2.75, 3.05) is 0 Å². The van der Waals surface area contributed by atoms with Crippen molar-refractivity contribution in [2.45, 2.75) is 39.3 Å². The van der Waals surface area contributed by atoms with Crippen LogP contribution in [0, 0.1) is 0 Å². The third kappa shape index (κ3) is 1.46. The van der Waals surface area contributed by atoms with Crippen molar-refractivity contribution in [3.05, 3.63) is 27.4 Å².